The first kappa shape index (κ1) is 15.9. The number of nitrogens with two attached hydrogens (primary N) is 1. The van der Waals surface area contributed by atoms with E-state index < -0.39 is 0 Å². The molecule has 1 aliphatic carbocycles. The molecule has 4 N–H and O–H groups in total. The van der Waals surface area contributed by atoms with Crippen LogP contribution in [0.1, 0.15) is 31.2 Å². The highest BCUT2D eigenvalue weighted by Crippen LogP contribution is 2.23. The largest absolute Gasteiger partial charge is 0.395 e. The molecule has 1 aromatic rings. The second kappa shape index (κ2) is 8.12. The Labute approximate surface area is 126 Å². The SMILES string of the molecule is NCc1cccc(NC(=O)CN(CCO)C2CCCC2)c1. The third-order valence-corrected chi connectivity index (χ3v) is 4.02. The topological polar surface area (TPSA) is 78.6 Å². The van der Waals surface area contributed by atoms with Crippen molar-refractivity contribution in [3.63, 3.8) is 0 Å². The van der Waals surface area contributed by atoms with Gasteiger partial charge in [-0.1, -0.05) is 25.0 Å². The zero-order chi connectivity index (χ0) is 15.1. The molecule has 1 amide bonds. The van der Waals surface area contributed by atoms with Crippen molar-refractivity contribution in [2.24, 2.45) is 5.73 Å². The number of nitrogens with one attached hydrogen (secondary N) is 1. The number of carbonyl (C=O) groups excluding carboxylic acids is 1. The van der Waals surface area contributed by atoms with Crippen LogP contribution in [0.3, 0.4) is 0 Å². The van der Waals surface area contributed by atoms with Crippen molar-refractivity contribution >= 4 is 11.6 Å². The number of benzene rings is 1. The molecule has 1 fully saturated rings. The number of anilines is 1. The third kappa shape index (κ3) is 4.81. The molecule has 0 aromatic heterocycles. The Morgan fingerprint density at radius 1 is 1.38 bits per heavy atom. The van der Waals surface area contributed by atoms with Gasteiger partial charge in [0.15, 0.2) is 0 Å². The lowest BCUT2D eigenvalue weighted by Gasteiger charge is -2.27. The molecule has 5 heteroatoms. The molecular weight excluding hydrogens is 266 g/mol. The molecule has 1 aromatic carbocycles. The van der Waals surface area contributed by atoms with Crippen molar-refractivity contribution in [3.8, 4) is 0 Å². The number of aliphatic hydroxyl groups excluding tert-OH is 1. The van der Waals surface area contributed by atoms with Gasteiger partial charge in [-0.3, -0.25) is 9.69 Å². The van der Waals surface area contributed by atoms with Gasteiger partial charge in [0.05, 0.1) is 13.2 Å². The molecular formula is C16H25N3O2. The zero-order valence-electron chi connectivity index (χ0n) is 12.4. The minimum atomic E-state index is -0.0375. The lowest BCUT2D eigenvalue weighted by atomic mass is 10.2. The van der Waals surface area contributed by atoms with Crippen LogP contribution in [0.25, 0.3) is 0 Å². The van der Waals surface area contributed by atoms with E-state index in [1.807, 2.05) is 24.3 Å². The van der Waals surface area contributed by atoms with Crippen LogP contribution >= 0.6 is 0 Å². The van der Waals surface area contributed by atoms with Gasteiger partial charge < -0.3 is 16.2 Å². The fourth-order valence-corrected chi connectivity index (χ4v) is 2.95. The van der Waals surface area contributed by atoms with E-state index in [1.165, 1.54) is 12.8 Å². The predicted octanol–water partition coefficient (Wildman–Crippen LogP) is 1.32. The number of hydrogen-bond acceptors (Lipinski definition) is 4. The Kier molecular flexibility index (Phi) is 6.17. The van der Waals surface area contributed by atoms with E-state index >= 15 is 0 Å². The smallest absolute Gasteiger partial charge is 0.238 e. The maximum atomic E-state index is 12.2. The highest BCUT2D eigenvalue weighted by atomic mass is 16.3. The number of nitrogens with zero attached hydrogens (tertiary/aromatic N) is 1. The summed E-state index contributed by atoms with van der Waals surface area (Å²) in [6, 6.07) is 8.01. The van der Waals surface area contributed by atoms with Crippen molar-refractivity contribution in [2.75, 3.05) is 25.0 Å². The van der Waals surface area contributed by atoms with Gasteiger partial charge in [0, 0.05) is 24.8 Å². The summed E-state index contributed by atoms with van der Waals surface area (Å²) < 4.78 is 0. The van der Waals surface area contributed by atoms with E-state index in [0.717, 1.165) is 24.1 Å². The molecule has 0 heterocycles. The molecule has 21 heavy (non-hydrogen) atoms. The molecule has 0 radical (unpaired) electrons. The Morgan fingerprint density at radius 3 is 2.81 bits per heavy atom. The van der Waals surface area contributed by atoms with Crippen LogP contribution in [0.4, 0.5) is 5.69 Å². The van der Waals surface area contributed by atoms with Crippen molar-refractivity contribution in [1.29, 1.82) is 0 Å². The standard InChI is InChI=1S/C16H25N3O2/c17-11-13-4-3-5-14(10-13)18-16(21)12-19(8-9-20)15-6-1-2-7-15/h3-5,10,15,20H,1-2,6-9,11-12,17H2,(H,18,21). The van der Waals surface area contributed by atoms with Crippen molar-refractivity contribution in [3.05, 3.63) is 29.8 Å². The van der Waals surface area contributed by atoms with Crippen LogP contribution in [-0.4, -0.2) is 41.7 Å². The van der Waals surface area contributed by atoms with Gasteiger partial charge in [-0.15, -0.1) is 0 Å². The first-order valence-electron chi connectivity index (χ1n) is 7.66. The number of amides is 1. The summed E-state index contributed by atoms with van der Waals surface area (Å²) in [5.74, 6) is -0.0375. The van der Waals surface area contributed by atoms with Crippen LogP contribution in [-0.2, 0) is 11.3 Å². The van der Waals surface area contributed by atoms with Gasteiger partial charge in [-0.05, 0) is 30.5 Å². The molecule has 116 valence electrons. The maximum absolute atomic E-state index is 12.2. The summed E-state index contributed by atoms with van der Waals surface area (Å²) in [7, 11) is 0. The molecule has 0 unspecified atom stereocenters. The van der Waals surface area contributed by atoms with Crippen LogP contribution in [0.15, 0.2) is 24.3 Å². The van der Waals surface area contributed by atoms with E-state index in [9.17, 15) is 9.90 Å². The summed E-state index contributed by atoms with van der Waals surface area (Å²) in [5.41, 5.74) is 7.38. The summed E-state index contributed by atoms with van der Waals surface area (Å²) >= 11 is 0. The van der Waals surface area contributed by atoms with Crippen molar-refractivity contribution < 1.29 is 9.90 Å². The minimum Gasteiger partial charge on any atom is -0.395 e. The summed E-state index contributed by atoms with van der Waals surface area (Å²) in [6.07, 6.45) is 4.67. The molecule has 0 saturated heterocycles. The van der Waals surface area contributed by atoms with Gasteiger partial charge in [-0.2, -0.15) is 0 Å². The van der Waals surface area contributed by atoms with Crippen molar-refractivity contribution in [1.82, 2.24) is 4.90 Å². The fourth-order valence-electron chi connectivity index (χ4n) is 2.95. The molecule has 0 atom stereocenters. The molecule has 5 nitrogen and oxygen atoms in total. The average molecular weight is 291 g/mol. The van der Waals surface area contributed by atoms with E-state index in [4.69, 9.17) is 5.73 Å². The quantitative estimate of drug-likeness (QED) is 0.708. The van der Waals surface area contributed by atoms with Gasteiger partial charge >= 0.3 is 0 Å². The molecule has 0 spiro atoms. The Balaban J connectivity index is 1.91. The van der Waals surface area contributed by atoms with E-state index in [0.29, 0.717) is 25.7 Å². The van der Waals surface area contributed by atoms with Gasteiger partial charge in [0.25, 0.3) is 0 Å². The number of hydrogen-bond donors (Lipinski definition) is 3. The third-order valence-electron chi connectivity index (χ3n) is 4.02. The van der Waals surface area contributed by atoms with E-state index in [1.54, 1.807) is 0 Å². The minimum absolute atomic E-state index is 0.0375. The van der Waals surface area contributed by atoms with Gasteiger partial charge in [0.2, 0.25) is 5.91 Å². The van der Waals surface area contributed by atoms with E-state index in [2.05, 4.69) is 10.2 Å². The molecule has 0 aliphatic heterocycles. The summed E-state index contributed by atoms with van der Waals surface area (Å²) in [4.78, 5) is 14.3. The average Bonchev–Trinajstić information content (AvgIpc) is 3.01. The number of aliphatic hydroxyl groups is 1. The Morgan fingerprint density at radius 2 is 2.14 bits per heavy atom. The number of carbonyl (C=O) groups is 1. The summed E-state index contributed by atoms with van der Waals surface area (Å²) in [6.45, 7) is 1.44. The first-order chi connectivity index (χ1) is 10.2. The lowest BCUT2D eigenvalue weighted by molar-refractivity contribution is -0.118. The zero-order valence-corrected chi connectivity index (χ0v) is 12.4. The Bertz CT molecular complexity index is 459. The normalized spacial score (nSPS) is 15.6. The van der Waals surface area contributed by atoms with Crippen LogP contribution in [0.2, 0.25) is 0 Å². The van der Waals surface area contributed by atoms with Gasteiger partial charge in [0.1, 0.15) is 0 Å². The van der Waals surface area contributed by atoms with Gasteiger partial charge in [-0.25, -0.2) is 0 Å². The molecule has 1 aliphatic rings. The first-order valence-corrected chi connectivity index (χ1v) is 7.66. The molecule has 1 saturated carbocycles. The second-order valence-corrected chi connectivity index (χ2v) is 5.59. The van der Waals surface area contributed by atoms with Crippen LogP contribution in [0, 0.1) is 0 Å². The Hall–Kier alpha value is -1.43. The molecule has 0 bridgehead atoms. The monoisotopic (exact) mass is 291 g/mol. The highest BCUT2D eigenvalue weighted by Gasteiger charge is 2.23. The van der Waals surface area contributed by atoms with E-state index in [-0.39, 0.29) is 12.5 Å². The molecule has 2 rings (SSSR count). The fraction of sp³-hybridized carbons (Fsp3) is 0.562. The van der Waals surface area contributed by atoms with Crippen LogP contribution < -0.4 is 11.1 Å². The van der Waals surface area contributed by atoms with Crippen LogP contribution in [0.5, 0.6) is 0 Å². The second-order valence-electron chi connectivity index (χ2n) is 5.59. The van der Waals surface area contributed by atoms with Crippen molar-refractivity contribution in [2.45, 2.75) is 38.3 Å². The number of rotatable bonds is 7. The lowest BCUT2D eigenvalue weighted by Crippen LogP contribution is -2.41. The summed E-state index contributed by atoms with van der Waals surface area (Å²) in [5, 5.41) is 12.1. The maximum Gasteiger partial charge on any atom is 0.238 e. The predicted molar refractivity (Wildman–Crippen MR) is 83.9 cm³/mol. The highest BCUT2D eigenvalue weighted by molar-refractivity contribution is 5.92.